The van der Waals surface area contributed by atoms with Crippen molar-refractivity contribution in [3.8, 4) is 5.75 Å². The normalized spacial score (nSPS) is 16.5. The molecule has 0 saturated carbocycles. The van der Waals surface area contributed by atoms with Crippen molar-refractivity contribution in [2.45, 2.75) is 24.8 Å². The van der Waals surface area contributed by atoms with Gasteiger partial charge in [-0.15, -0.1) is 0 Å². The van der Waals surface area contributed by atoms with E-state index in [1.807, 2.05) is 24.3 Å². The Labute approximate surface area is 210 Å². The summed E-state index contributed by atoms with van der Waals surface area (Å²) < 4.78 is 38.4. The lowest BCUT2D eigenvalue weighted by molar-refractivity contribution is -0.134. The zero-order chi connectivity index (χ0) is 25.0. The predicted molar refractivity (Wildman–Crippen MR) is 130 cm³/mol. The average molecular weight is 522 g/mol. The molecule has 2 aromatic carbocycles. The van der Waals surface area contributed by atoms with E-state index in [0.29, 0.717) is 52.3 Å². The minimum atomic E-state index is -3.73. The smallest absolute Gasteiger partial charge is 0.409 e. The van der Waals surface area contributed by atoms with Gasteiger partial charge in [0.2, 0.25) is 10.0 Å². The average Bonchev–Trinajstić information content (AvgIpc) is 2.87. The minimum Gasteiger partial charge on any atom is -0.482 e. The molecule has 35 heavy (non-hydrogen) atoms. The van der Waals surface area contributed by atoms with Crippen molar-refractivity contribution in [2.24, 2.45) is 0 Å². The first-order valence-corrected chi connectivity index (χ1v) is 13.3. The molecule has 2 aliphatic heterocycles. The topological polar surface area (TPSA) is 96.5 Å². The van der Waals surface area contributed by atoms with Crippen molar-refractivity contribution in [2.75, 3.05) is 45.9 Å². The Balaban J connectivity index is 1.34. The SMILES string of the molecule is CCOC(=O)N1CCN(C(=O)COc2ccc(S(=O)(=O)N3CCc4ccccc4C3)cc2Cl)CC1. The van der Waals surface area contributed by atoms with Crippen molar-refractivity contribution in [3.05, 3.63) is 58.6 Å². The lowest BCUT2D eigenvalue weighted by Crippen LogP contribution is -2.51. The Morgan fingerprint density at radius 1 is 0.971 bits per heavy atom. The molecule has 2 amide bonds. The van der Waals surface area contributed by atoms with E-state index in [4.69, 9.17) is 21.1 Å². The van der Waals surface area contributed by atoms with Gasteiger partial charge >= 0.3 is 6.09 Å². The number of halogens is 1. The van der Waals surface area contributed by atoms with E-state index in [1.54, 1.807) is 16.7 Å². The third kappa shape index (κ3) is 5.71. The molecule has 1 saturated heterocycles. The van der Waals surface area contributed by atoms with Gasteiger partial charge in [0.15, 0.2) is 6.61 Å². The van der Waals surface area contributed by atoms with Crippen LogP contribution < -0.4 is 4.74 Å². The van der Waals surface area contributed by atoms with Crippen molar-refractivity contribution < 1.29 is 27.5 Å². The monoisotopic (exact) mass is 521 g/mol. The van der Waals surface area contributed by atoms with Crippen LogP contribution in [0.5, 0.6) is 5.75 Å². The third-order valence-corrected chi connectivity index (χ3v) is 8.28. The summed E-state index contributed by atoms with van der Waals surface area (Å²) in [6.45, 7) is 4.05. The molecule has 0 unspecified atom stereocenters. The molecule has 2 heterocycles. The molecule has 1 fully saturated rings. The summed E-state index contributed by atoms with van der Waals surface area (Å²) in [4.78, 5) is 27.6. The molecule has 0 atom stereocenters. The lowest BCUT2D eigenvalue weighted by atomic mass is 10.0. The summed E-state index contributed by atoms with van der Waals surface area (Å²) in [5.41, 5.74) is 2.16. The maximum Gasteiger partial charge on any atom is 0.409 e. The first-order valence-electron chi connectivity index (χ1n) is 11.5. The van der Waals surface area contributed by atoms with Crippen LogP contribution in [0.1, 0.15) is 18.1 Å². The van der Waals surface area contributed by atoms with Gasteiger partial charge in [-0.1, -0.05) is 35.9 Å². The minimum absolute atomic E-state index is 0.0793. The number of hydrogen-bond acceptors (Lipinski definition) is 6. The Morgan fingerprint density at radius 2 is 1.66 bits per heavy atom. The molecule has 0 aromatic heterocycles. The molecule has 0 spiro atoms. The van der Waals surface area contributed by atoms with E-state index < -0.39 is 10.0 Å². The molecular formula is C24H28ClN3O6S. The number of ether oxygens (including phenoxy) is 2. The molecular weight excluding hydrogens is 494 g/mol. The molecule has 188 valence electrons. The quantitative estimate of drug-likeness (QED) is 0.580. The fourth-order valence-electron chi connectivity index (χ4n) is 4.17. The van der Waals surface area contributed by atoms with Crippen molar-refractivity contribution in [3.63, 3.8) is 0 Å². The Morgan fingerprint density at radius 3 is 2.34 bits per heavy atom. The van der Waals surface area contributed by atoms with Gasteiger partial charge in [0.05, 0.1) is 16.5 Å². The molecule has 2 aromatic rings. The van der Waals surface area contributed by atoms with Crippen molar-refractivity contribution in [1.29, 1.82) is 0 Å². The highest BCUT2D eigenvalue weighted by molar-refractivity contribution is 7.89. The highest BCUT2D eigenvalue weighted by Gasteiger charge is 2.29. The Kier molecular flexibility index (Phi) is 7.83. The second-order valence-corrected chi connectivity index (χ2v) is 10.7. The standard InChI is InChI=1S/C24H28ClN3O6S/c1-2-33-24(30)27-13-11-26(12-14-27)23(29)17-34-22-8-7-20(15-21(22)25)35(31,32)28-10-9-18-5-3-4-6-19(18)16-28/h3-8,15H,2,9-14,16-17H2,1H3. The number of nitrogens with zero attached hydrogens (tertiary/aromatic N) is 3. The summed E-state index contributed by atoms with van der Waals surface area (Å²) in [6, 6.07) is 12.1. The van der Waals surface area contributed by atoms with Gasteiger partial charge in [0.25, 0.3) is 5.91 Å². The molecule has 0 radical (unpaired) electrons. The Hall–Kier alpha value is -2.82. The number of rotatable bonds is 6. The summed E-state index contributed by atoms with van der Waals surface area (Å²) in [5, 5.41) is 0.114. The lowest BCUT2D eigenvalue weighted by Gasteiger charge is -2.34. The maximum absolute atomic E-state index is 13.2. The molecule has 9 nitrogen and oxygen atoms in total. The van der Waals surface area contributed by atoms with Gasteiger partial charge < -0.3 is 19.3 Å². The number of hydrogen-bond donors (Lipinski definition) is 0. The van der Waals surface area contributed by atoms with Crippen LogP contribution in [-0.2, 0) is 32.5 Å². The van der Waals surface area contributed by atoms with Crippen LogP contribution in [0.4, 0.5) is 4.79 Å². The highest BCUT2D eigenvalue weighted by Crippen LogP contribution is 2.31. The number of amides is 2. The van der Waals surface area contributed by atoms with E-state index in [9.17, 15) is 18.0 Å². The van der Waals surface area contributed by atoms with E-state index >= 15 is 0 Å². The van der Waals surface area contributed by atoms with Crippen LogP contribution in [-0.4, -0.2) is 80.5 Å². The van der Waals surface area contributed by atoms with Crippen LogP contribution in [0, 0.1) is 0 Å². The van der Waals surface area contributed by atoms with Crippen LogP contribution in [0.3, 0.4) is 0 Å². The Bertz CT molecular complexity index is 1200. The number of benzene rings is 2. The number of sulfonamides is 1. The number of fused-ring (bicyclic) bond motifs is 1. The molecule has 4 rings (SSSR count). The van der Waals surface area contributed by atoms with Gasteiger partial charge in [-0.3, -0.25) is 4.79 Å². The van der Waals surface area contributed by atoms with E-state index in [2.05, 4.69) is 0 Å². The summed E-state index contributed by atoms with van der Waals surface area (Å²) in [5.74, 6) is -0.0126. The molecule has 11 heteroatoms. The van der Waals surface area contributed by atoms with Crippen LogP contribution in [0.15, 0.2) is 47.4 Å². The highest BCUT2D eigenvalue weighted by atomic mass is 35.5. The number of piperazine rings is 1. The van der Waals surface area contributed by atoms with E-state index in [-0.39, 0.29) is 34.3 Å². The fraction of sp³-hybridized carbons (Fsp3) is 0.417. The predicted octanol–water partition coefficient (Wildman–Crippen LogP) is 2.77. The van der Waals surface area contributed by atoms with E-state index in [0.717, 1.165) is 11.1 Å². The summed E-state index contributed by atoms with van der Waals surface area (Å²) in [6.07, 6.45) is 0.270. The first-order chi connectivity index (χ1) is 16.8. The van der Waals surface area contributed by atoms with E-state index in [1.165, 1.54) is 22.5 Å². The zero-order valence-corrected chi connectivity index (χ0v) is 21.1. The van der Waals surface area contributed by atoms with Crippen LogP contribution in [0.2, 0.25) is 5.02 Å². The number of carbonyl (C=O) groups excluding carboxylic acids is 2. The van der Waals surface area contributed by atoms with Crippen LogP contribution in [0.25, 0.3) is 0 Å². The molecule has 0 N–H and O–H groups in total. The summed E-state index contributed by atoms with van der Waals surface area (Å²) >= 11 is 6.32. The summed E-state index contributed by atoms with van der Waals surface area (Å²) in [7, 11) is -3.73. The second-order valence-electron chi connectivity index (χ2n) is 8.30. The zero-order valence-electron chi connectivity index (χ0n) is 19.5. The van der Waals surface area contributed by atoms with Gasteiger partial charge in [0, 0.05) is 39.3 Å². The molecule has 0 aliphatic carbocycles. The first kappa shape index (κ1) is 25.3. The van der Waals surface area contributed by atoms with Gasteiger partial charge in [-0.2, -0.15) is 4.31 Å². The van der Waals surface area contributed by atoms with Crippen molar-refractivity contribution in [1.82, 2.24) is 14.1 Å². The molecule has 2 aliphatic rings. The van der Waals surface area contributed by atoms with Crippen molar-refractivity contribution >= 4 is 33.6 Å². The van der Waals surface area contributed by atoms with Gasteiger partial charge in [-0.25, -0.2) is 13.2 Å². The fourth-order valence-corrected chi connectivity index (χ4v) is 5.91. The second kappa shape index (κ2) is 10.8. The van der Waals surface area contributed by atoms with Gasteiger partial charge in [0.1, 0.15) is 5.75 Å². The third-order valence-electron chi connectivity index (χ3n) is 6.15. The number of carbonyl (C=O) groups is 2. The van der Waals surface area contributed by atoms with Gasteiger partial charge in [-0.05, 0) is 42.7 Å². The maximum atomic E-state index is 13.2. The molecule has 0 bridgehead atoms. The van der Waals surface area contributed by atoms with Crippen LogP contribution >= 0.6 is 11.6 Å². The largest absolute Gasteiger partial charge is 0.482 e.